The number of alkyl halides is 2. The molecule has 1 N–H and O–H groups in total. The number of morpholine rings is 1. The first-order chi connectivity index (χ1) is 17.0. The van der Waals surface area contributed by atoms with Crippen molar-refractivity contribution < 1.29 is 18.3 Å². The van der Waals surface area contributed by atoms with E-state index in [9.17, 15) is 13.6 Å². The van der Waals surface area contributed by atoms with Crippen molar-refractivity contribution >= 4 is 23.1 Å². The van der Waals surface area contributed by atoms with Crippen molar-refractivity contribution in [3.05, 3.63) is 35.4 Å². The van der Waals surface area contributed by atoms with Crippen LogP contribution in [0.1, 0.15) is 73.1 Å². The topological polar surface area (TPSA) is 89.6 Å². The Balaban J connectivity index is 1.29. The number of nitrogens with one attached hydrogen (secondary N) is 1. The Morgan fingerprint density at radius 3 is 2.80 bits per heavy atom. The quantitative estimate of drug-likeness (QED) is 0.601. The SMILES string of the molecule is C[C@H]1CC[C@H](n2cc(NC(=O)c3cnn4cc5c(nc34)N3CCOCC3CC5)c(C(F)F)n2)CC1. The molecule has 2 fully saturated rings. The molecule has 2 aliphatic heterocycles. The molecule has 0 aromatic carbocycles. The van der Waals surface area contributed by atoms with Gasteiger partial charge in [-0.25, -0.2) is 18.3 Å². The lowest BCUT2D eigenvalue weighted by molar-refractivity contribution is 0.0891. The lowest BCUT2D eigenvalue weighted by atomic mass is 9.87. The van der Waals surface area contributed by atoms with Crippen LogP contribution < -0.4 is 10.2 Å². The van der Waals surface area contributed by atoms with E-state index in [0.29, 0.717) is 24.8 Å². The van der Waals surface area contributed by atoms with Crippen molar-refractivity contribution in [3.8, 4) is 0 Å². The first-order valence-electron chi connectivity index (χ1n) is 12.4. The summed E-state index contributed by atoms with van der Waals surface area (Å²) in [5, 5.41) is 11.1. The third-order valence-electron chi connectivity index (χ3n) is 7.61. The molecule has 9 nitrogen and oxygen atoms in total. The molecule has 1 atom stereocenters. The van der Waals surface area contributed by atoms with Gasteiger partial charge in [0.15, 0.2) is 11.3 Å². The van der Waals surface area contributed by atoms with Crippen LogP contribution in [-0.2, 0) is 11.2 Å². The van der Waals surface area contributed by atoms with E-state index >= 15 is 0 Å². The molecule has 0 radical (unpaired) electrons. The maximum atomic E-state index is 13.8. The van der Waals surface area contributed by atoms with Gasteiger partial charge in [0.2, 0.25) is 0 Å². The fourth-order valence-electron chi connectivity index (χ4n) is 5.57. The number of fused-ring (bicyclic) bond motifs is 4. The molecule has 3 aromatic heterocycles. The number of ether oxygens (including phenoxy) is 1. The Labute approximate surface area is 201 Å². The van der Waals surface area contributed by atoms with Crippen LogP contribution in [-0.4, -0.2) is 56.1 Å². The van der Waals surface area contributed by atoms with Crippen molar-refractivity contribution in [2.45, 2.75) is 64.0 Å². The Morgan fingerprint density at radius 2 is 2.00 bits per heavy atom. The van der Waals surface area contributed by atoms with Gasteiger partial charge in [-0.2, -0.15) is 10.2 Å². The van der Waals surface area contributed by atoms with Gasteiger partial charge in [0.05, 0.1) is 37.2 Å². The lowest BCUT2D eigenvalue weighted by Crippen LogP contribution is -2.48. The summed E-state index contributed by atoms with van der Waals surface area (Å²) in [6.45, 7) is 4.25. The van der Waals surface area contributed by atoms with E-state index in [1.54, 1.807) is 15.4 Å². The summed E-state index contributed by atoms with van der Waals surface area (Å²) >= 11 is 0. The van der Waals surface area contributed by atoms with Crippen molar-refractivity contribution in [3.63, 3.8) is 0 Å². The van der Waals surface area contributed by atoms with Crippen LogP contribution in [0.2, 0.25) is 0 Å². The zero-order valence-electron chi connectivity index (χ0n) is 19.7. The molecule has 1 amide bonds. The van der Waals surface area contributed by atoms with Gasteiger partial charge in [-0.1, -0.05) is 6.92 Å². The van der Waals surface area contributed by atoms with Gasteiger partial charge in [0.25, 0.3) is 12.3 Å². The van der Waals surface area contributed by atoms with Crippen molar-refractivity contribution in [2.24, 2.45) is 5.92 Å². The number of anilines is 2. The molecule has 1 saturated heterocycles. The van der Waals surface area contributed by atoms with E-state index in [0.717, 1.165) is 56.5 Å². The molecular formula is C24H29F2N7O2. The zero-order valence-corrected chi connectivity index (χ0v) is 19.7. The van der Waals surface area contributed by atoms with Gasteiger partial charge in [-0.05, 0) is 44.4 Å². The van der Waals surface area contributed by atoms with Crippen LogP contribution in [0.4, 0.5) is 20.3 Å². The molecule has 35 heavy (non-hydrogen) atoms. The summed E-state index contributed by atoms with van der Waals surface area (Å²) in [5.74, 6) is 0.955. The van der Waals surface area contributed by atoms with Crippen molar-refractivity contribution in [1.29, 1.82) is 0 Å². The predicted octanol–water partition coefficient (Wildman–Crippen LogP) is 4.02. The summed E-state index contributed by atoms with van der Waals surface area (Å²) in [4.78, 5) is 20.3. The number of hydrogen-bond acceptors (Lipinski definition) is 6. The van der Waals surface area contributed by atoms with Gasteiger partial charge in [-0.15, -0.1) is 0 Å². The first-order valence-corrected chi connectivity index (χ1v) is 12.4. The number of rotatable bonds is 4. The summed E-state index contributed by atoms with van der Waals surface area (Å²) in [7, 11) is 0. The monoisotopic (exact) mass is 485 g/mol. The molecular weight excluding hydrogens is 456 g/mol. The van der Waals surface area contributed by atoms with Crippen LogP contribution >= 0.6 is 0 Å². The van der Waals surface area contributed by atoms with Gasteiger partial charge in [-0.3, -0.25) is 9.48 Å². The molecule has 3 aromatic rings. The minimum atomic E-state index is -2.79. The van der Waals surface area contributed by atoms with Gasteiger partial charge in [0, 0.05) is 24.5 Å². The maximum absolute atomic E-state index is 13.8. The highest BCUT2D eigenvalue weighted by Gasteiger charge is 2.32. The second-order valence-electron chi connectivity index (χ2n) is 9.95. The Kier molecular flexibility index (Phi) is 5.66. The number of halogens is 2. The highest BCUT2D eigenvalue weighted by atomic mass is 19.3. The van der Waals surface area contributed by atoms with Crippen LogP contribution in [0, 0.1) is 5.92 Å². The smallest absolute Gasteiger partial charge is 0.284 e. The number of nitrogens with zero attached hydrogens (tertiary/aromatic N) is 6. The molecule has 6 rings (SSSR count). The van der Waals surface area contributed by atoms with Crippen molar-refractivity contribution in [1.82, 2.24) is 24.4 Å². The van der Waals surface area contributed by atoms with E-state index < -0.39 is 18.0 Å². The Morgan fingerprint density at radius 1 is 1.17 bits per heavy atom. The predicted molar refractivity (Wildman–Crippen MR) is 125 cm³/mol. The third kappa shape index (κ3) is 4.05. The summed E-state index contributed by atoms with van der Waals surface area (Å²) < 4.78 is 36.4. The minimum Gasteiger partial charge on any atom is -0.377 e. The number of hydrogen-bond donors (Lipinski definition) is 1. The van der Waals surface area contributed by atoms with Crippen LogP contribution in [0.25, 0.3) is 5.65 Å². The standard InChI is InChI=1S/C24H29F2N7O2/c1-14-2-5-16(6-3-14)32-12-19(20(30-32)21(25)26)28-24(34)18-10-27-33-11-15-4-7-17-13-35-9-8-31(17)22(15)29-23(18)33/h10-12,14,16-17,21H,2-9,13H2,1H3,(H,28,34)/t14-,16-,17?. The highest BCUT2D eigenvalue weighted by molar-refractivity contribution is 6.08. The average Bonchev–Trinajstić information content (AvgIpc) is 3.47. The fraction of sp³-hybridized carbons (Fsp3) is 0.583. The minimum absolute atomic E-state index is 0.0363. The average molecular weight is 486 g/mol. The van der Waals surface area contributed by atoms with Gasteiger partial charge in [0.1, 0.15) is 11.4 Å². The van der Waals surface area contributed by atoms with Gasteiger partial charge >= 0.3 is 0 Å². The molecule has 0 bridgehead atoms. The number of aromatic nitrogens is 5. The van der Waals surface area contributed by atoms with Crippen LogP contribution in [0.3, 0.4) is 0 Å². The summed E-state index contributed by atoms with van der Waals surface area (Å²) in [5.41, 5.74) is 1.35. The number of carbonyl (C=O) groups excluding carboxylic acids is 1. The molecule has 11 heteroatoms. The van der Waals surface area contributed by atoms with E-state index in [2.05, 4.69) is 27.3 Å². The molecule has 1 saturated carbocycles. The van der Waals surface area contributed by atoms with Crippen LogP contribution in [0.5, 0.6) is 0 Å². The second kappa shape index (κ2) is 8.85. The Bertz CT molecular complexity index is 1250. The summed E-state index contributed by atoms with van der Waals surface area (Å²) in [6.07, 6.45) is 7.81. The molecule has 3 aliphatic rings. The third-order valence-corrected chi connectivity index (χ3v) is 7.61. The highest BCUT2D eigenvalue weighted by Crippen LogP contribution is 2.35. The number of aryl methyl sites for hydroxylation is 1. The summed E-state index contributed by atoms with van der Waals surface area (Å²) in [6, 6.07) is 0.342. The molecule has 1 aliphatic carbocycles. The first kappa shape index (κ1) is 22.4. The maximum Gasteiger partial charge on any atom is 0.284 e. The largest absolute Gasteiger partial charge is 0.377 e. The molecule has 5 heterocycles. The van der Waals surface area contributed by atoms with E-state index in [4.69, 9.17) is 9.72 Å². The van der Waals surface area contributed by atoms with Crippen molar-refractivity contribution in [2.75, 3.05) is 30.0 Å². The van der Waals surface area contributed by atoms with Crippen LogP contribution in [0.15, 0.2) is 18.6 Å². The van der Waals surface area contributed by atoms with Gasteiger partial charge < -0.3 is 15.0 Å². The molecule has 1 unspecified atom stereocenters. The fourth-order valence-corrected chi connectivity index (χ4v) is 5.57. The van der Waals surface area contributed by atoms with E-state index in [1.165, 1.54) is 6.20 Å². The lowest BCUT2D eigenvalue weighted by Gasteiger charge is -2.40. The second-order valence-corrected chi connectivity index (χ2v) is 9.95. The molecule has 186 valence electrons. The zero-order chi connectivity index (χ0) is 24.1. The van der Waals surface area contributed by atoms with E-state index in [1.807, 2.05) is 6.20 Å². The molecule has 0 spiro atoms. The number of carbonyl (C=O) groups is 1. The Hall–Kier alpha value is -3.08. The number of amides is 1. The van der Waals surface area contributed by atoms with E-state index in [-0.39, 0.29) is 23.3 Å². The normalized spacial score (nSPS) is 24.5.